The smallest absolute Gasteiger partial charge is 0.0533 e. The van der Waals surface area contributed by atoms with Gasteiger partial charge in [0.2, 0.25) is 0 Å². The quantitative estimate of drug-likeness (QED) is 0.148. The Morgan fingerprint density at radius 1 is 0.512 bits per heavy atom. The third-order valence-electron chi connectivity index (χ3n) is 9.74. The second kappa shape index (κ2) is 16.7. The fourth-order valence-electron chi connectivity index (χ4n) is 7.41. The predicted molar refractivity (Wildman–Crippen MR) is 180 cm³/mol. The molecule has 3 fully saturated rings. The minimum Gasteiger partial charge on any atom is -0.150 e. The molecule has 0 bridgehead atoms. The van der Waals surface area contributed by atoms with Crippen LogP contribution in [0.3, 0.4) is 0 Å². The van der Waals surface area contributed by atoms with Crippen LogP contribution in [0.15, 0.2) is 72.8 Å². The van der Waals surface area contributed by atoms with Gasteiger partial charge in [-0.05, 0) is 0 Å². The molecule has 0 saturated heterocycles. The van der Waals surface area contributed by atoms with E-state index < -0.39 is 18.9 Å². The molecule has 0 heterocycles. The zero-order valence-corrected chi connectivity index (χ0v) is 28.8. The van der Waals surface area contributed by atoms with Crippen LogP contribution in [0, 0.1) is 0 Å². The van der Waals surface area contributed by atoms with Crippen LogP contribution in [0.25, 0.3) is 21.5 Å². The van der Waals surface area contributed by atoms with Crippen molar-refractivity contribution >= 4 is 41.8 Å². The van der Waals surface area contributed by atoms with Gasteiger partial charge in [0.25, 0.3) is 0 Å². The zero-order valence-electron chi connectivity index (χ0n) is 24.9. The van der Waals surface area contributed by atoms with Crippen molar-refractivity contribution in [1.82, 2.24) is 0 Å². The summed E-state index contributed by atoms with van der Waals surface area (Å²) < 4.78 is 1.53. The predicted octanol–water partition coefficient (Wildman–Crippen LogP) is 13.0. The number of fused-ring (bicyclic) bond motifs is 2. The Hall–Kier alpha value is -1.01. The molecule has 4 aromatic rings. The third kappa shape index (κ3) is 9.00. The molecule has 0 N–H and O–H groups in total. The summed E-state index contributed by atoms with van der Waals surface area (Å²) in [6.45, 7) is 0. The van der Waals surface area contributed by atoms with Gasteiger partial charge in [0.15, 0.2) is 0 Å². The van der Waals surface area contributed by atoms with Crippen LogP contribution in [0.1, 0.15) is 132 Å². The molecule has 0 atom stereocenters. The summed E-state index contributed by atoms with van der Waals surface area (Å²) in [7, 11) is 11.8. The standard InChI is InChI=1S/2C16H19.C6H10.2ClH.Zr/c2*1-2-4-8-13(7-3-1)16-12-11-14-9-5-6-10-15(14)16;1-2-4-6-5-3-1;;;/h2*5-6,9-13H,1-4,7-8H2;1-5H2;2*1H;/q2*-1;;;;+2/p-2. The molecule has 3 saturated carbocycles. The van der Waals surface area contributed by atoms with Crippen LogP contribution in [-0.2, 0) is 18.9 Å². The zero-order chi connectivity index (χ0) is 28.3. The topological polar surface area (TPSA) is 0 Å². The number of hydrogen-bond acceptors (Lipinski definition) is 0. The average Bonchev–Trinajstić information content (AvgIpc) is 3.40. The Balaban J connectivity index is 0.000000129. The first kappa shape index (κ1) is 31.4. The van der Waals surface area contributed by atoms with Gasteiger partial charge < -0.3 is 0 Å². The molecule has 4 aromatic carbocycles. The molecule has 0 aliphatic heterocycles. The maximum Gasteiger partial charge on any atom is -0.0533 e. The Morgan fingerprint density at radius 2 is 0.902 bits per heavy atom. The molecule has 7 rings (SSSR count). The van der Waals surface area contributed by atoms with Crippen LogP contribution in [0.2, 0.25) is 0 Å². The van der Waals surface area contributed by atoms with Crippen molar-refractivity contribution in [1.29, 1.82) is 0 Å². The molecule has 0 spiro atoms. The van der Waals surface area contributed by atoms with E-state index >= 15 is 0 Å². The van der Waals surface area contributed by atoms with Crippen LogP contribution in [-0.4, -0.2) is 3.21 Å². The van der Waals surface area contributed by atoms with Gasteiger partial charge >= 0.3 is 71.2 Å². The number of hydrogen-bond donors (Lipinski definition) is 0. The van der Waals surface area contributed by atoms with E-state index in [0.717, 1.165) is 11.8 Å². The molecule has 0 aromatic heterocycles. The van der Waals surface area contributed by atoms with Gasteiger partial charge in [-0.25, -0.2) is 0 Å². The summed E-state index contributed by atoms with van der Waals surface area (Å²) in [5, 5.41) is 5.83. The largest absolute Gasteiger partial charge is 0.150 e. The first-order valence-corrected chi connectivity index (χ1v) is 24.1. The van der Waals surface area contributed by atoms with Gasteiger partial charge in [0, 0.05) is 0 Å². The van der Waals surface area contributed by atoms with Gasteiger partial charge in [0.1, 0.15) is 0 Å². The van der Waals surface area contributed by atoms with Crippen molar-refractivity contribution in [2.45, 2.75) is 121 Å². The minimum absolute atomic E-state index is 0.822. The molecule has 220 valence electrons. The summed E-state index contributed by atoms with van der Waals surface area (Å²) >= 11 is -1.88. The van der Waals surface area contributed by atoms with Crippen LogP contribution in [0.5, 0.6) is 0 Å². The molecule has 3 aliphatic carbocycles. The van der Waals surface area contributed by atoms with Crippen molar-refractivity contribution in [3.63, 3.8) is 0 Å². The van der Waals surface area contributed by atoms with E-state index in [0.29, 0.717) is 0 Å². The van der Waals surface area contributed by atoms with Gasteiger partial charge in [0.05, 0.1) is 0 Å². The summed E-state index contributed by atoms with van der Waals surface area (Å²) in [5.74, 6) is 1.64. The average molecular weight is 667 g/mol. The molecular weight excluding hydrogens is 619 g/mol. The molecule has 3 heteroatoms. The molecule has 0 nitrogen and oxygen atoms in total. The normalized spacial score (nSPS) is 19.0. The summed E-state index contributed by atoms with van der Waals surface area (Å²) in [6.07, 6.45) is 23.6. The monoisotopic (exact) mass is 664 g/mol. The first-order valence-electron chi connectivity index (χ1n) is 16.5. The van der Waals surface area contributed by atoms with Crippen molar-refractivity contribution in [3.8, 4) is 0 Å². The van der Waals surface area contributed by atoms with Crippen molar-refractivity contribution in [2.75, 3.05) is 0 Å². The van der Waals surface area contributed by atoms with E-state index in [2.05, 4.69) is 72.8 Å². The summed E-state index contributed by atoms with van der Waals surface area (Å²) in [5.41, 5.74) is 3.22. The summed E-state index contributed by atoms with van der Waals surface area (Å²) in [4.78, 5) is 0. The van der Waals surface area contributed by atoms with Crippen molar-refractivity contribution in [2.24, 2.45) is 0 Å². The third-order valence-corrected chi connectivity index (χ3v) is 15.4. The number of halogens is 2. The molecule has 3 aliphatic rings. The Morgan fingerprint density at radius 3 is 1.29 bits per heavy atom. The fraction of sp³-hybridized carbons (Fsp3) is 0.500. The van der Waals surface area contributed by atoms with Gasteiger partial charge in [-0.2, -0.15) is 11.1 Å². The molecular formula is C38H48Cl2Zr-2. The van der Waals surface area contributed by atoms with E-state index in [4.69, 9.17) is 17.0 Å². The van der Waals surface area contributed by atoms with E-state index in [1.807, 2.05) is 0 Å². The maximum absolute atomic E-state index is 5.88. The first-order chi connectivity index (χ1) is 20.2. The van der Waals surface area contributed by atoms with Crippen molar-refractivity contribution in [3.05, 3.63) is 83.9 Å². The number of benzene rings is 2. The Bertz CT molecular complexity index is 1260. The second-order valence-corrected chi connectivity index (χ2v) is 21.2. The second-order valence-electron chi connectivity index (χ2n) is 12.6. The molecule has 0 amide bonds. The van der Waals surface area contributed by atoms with Crippen LogP contribution in [0.4, 0.5) is 0 Å². The molecule has 41 heavy (non-hydrogen) atoms. The van der Waals surface area contributed by atoms with Crippen LogP contribution < -0.4 is 0 Å². The van der Waals surface area contributed by atoms with E-state index in [-0.39, 0.29) is 0 Å². The van der Waals surface area contributed by atoms with Gasteiger partial charge in [-0.1, -0.05) is 101 Å². The minimum atomic E-state index is -1.88. The van der Waals surface area contributed by atoms with Gasteiger partial charge in [-0.15, -0.1) is 82.2 Å². The van der Waals surface area contributed by atoms with Crippen molar-refractivity contribution < 1.29 is 18.9 Å². The fourth-order valence-corrected chi connectivity index (χ4v) is 11.4. The van der Waals surface area contributed by atoms with E-state index in [1.54, 1.807) is 11.1 Å². The molecule has 0 unspecified atom stereocenters. The maximum atomic E-state index is 5.88. The van der Waals surface area contributed by atoms with Gasteiger partial charge in [-0.3, -0.25) is 0 Å². The Kier molecular flexibility index (Phi) is 12.8. The number of rotatable bonds is 2. The summed E-state index contributed by atoms with van der Waals surface area (Å²) in [6, 6.07) is 27.0. The van der Waals surface area contributed by atoms with Crippen LogP contribution >= 0.6 is 17.0 Å². The van der Waals surface area contributed by atoms with E-state index in [1.165, 1.54) is 134 Å². The molecule has 0 radical (unpaired) electrons. The Labute approximate surface area is 263 Å². The van der Waals surface area contributed by atoms with E-state index in [9.17, 15) is 0 Å². The SMILES string of the molecule is [Cl][Zr]([Cl])=[C]1CCCCC1.c1ccc2c(C3CCCCCC3)c[cH-]c2c1.c1ccc2c(C3CCCCCC3)c[cH-]c2c1.